The number of rotatable bonds is 5. The molecule has 0 aliphatic carbocycles. The van der Waals surface area contributed by atoms with Crippen molar-refractivity contribution in [3.63, 3.8) is 0 Å². The normalized spacial score (nSPS) is 9.79. The fraction of sp³-hybridized carbons (Fsp3) is 0.333. The summed E-state index contributed by atoms with van der Waals surface area (Å²) < 4.78 is 0. The van der Waals surface area contributed by atoms with Crippen molar-refractivity contribution in [3.8, 4) is 0 Å². The van der Waals surface area contributed by atoms with Crippen molar-refractivity contribution >= 4 is 0 Å². The van der Waals surface area contributed by atoms with Crippen molar-refractivity contribution in [2.75, 3.05) is 0 Å². The summed E-state index contributed by atoms with van der Waals surface area (Å²) in [6, 6.07) is 8.54. The van der Waals surface area contributed by atoms with Crippen LogP contribution in [0.3, 0.4) is 0 Å². The molecule has 0 bridgehead atoms. The van der Waals surface area contributed by atoms with Crippen LogP contribution in [-0.4, -0.2) is 0 Å². The first-order valence-corrected chi connectivity index (χ1v) is 4.98. The minimum atomic E-state index is 0.519. The van der Waals surface area contributed by atoms with Gasteiger partial charge in [0.2, 0.25) is 0 Å². The van der Waals surface area contributed by atoms with Gasteiger partial charge in [0.15, 0.2) is 0 Å². The zero-order chi connectivity index (χ0) is 10.4. The molecule has 0 unspecified atom stereocenters. The molecule has 2 nitrogen and oxygen atoms in total. The third-order valence-electron chi connectivity index (χ3n) is 2.05. The maximum absolute atomic E-state index is 5.43. The Morgan fingerprint density at radius 3 is 2.79 bits per heavy atom. The maximum atomic E-state index is 5.43. The lowest BCUT2D eigenvalue weighted by Crippen LogP contribution is -2.18. The molecule has 2 heteroatoms. The van der Waals surface area contributed by atoms with Gasteiger partial charge in [0.05, 0.1) is 5.82 Å². The van der Waals surface area contributed by atoms with E-state index in [9.17, 15) is 0 Å². The first kappa shape index (κ1) is 10.6. The monoisotopic (exact) mass is 190 g/mol. The van der Waals surface area contributed by atoms with E-state index in [0.29, 0.717) is 5.82 Å². The van der Waals surface area contributed by atoms with E-state index in [-0.39, 0.29) is 0 Å². The lowest BCUT2D eigenvalue weighted by atomic mass is 10.1. The Hall–Kier alpha value is -1.44. The molecule has 3 N–H and O–H groups in total. The van der Waals surface area contributed by atoms with Crippen LogP contribution in [-0.2, 0) is 13.0 Å². The molecule has 0 aromatic heterocycles. The second-order valence-corrected chi connectivity index (χ2v) is 3.45. The Kier molecular flexibility index (Phi) is 4.05. The Bertz CT molecular complexity index is 305. The predicted octanol–water partition coefficient (Wildman–Crippen LogP) is 2.16. The SMILES string of the molecule is C=C(N)NCc1cccc(CCC)c1. The van der Waals surface area contributed by atoms with Gasteiger partial charge >= 0.3 is 0 Å². The van der Waals surface area contributed by atoms with Crippen LogP contribution >= 0.6 is 0 Å². The van der Waals surface area contributed by atoms with Crippen LogP contribution in [0.4, 0.5) is 0 Å². The second-order valence-electron chi connectivity index (χ2n) is 3.45. The van der Waals surface area contributed by atoms with Crippen molar-refractivity contribution in [1.29, 1.82) is 0 Å². The van der Waals surface area contributed by atoms with Crippen molar-refractivity contribution in [3.05, 3.63) is 47.8 Å². The van der Waals surface area contributed by atoms with Gasteiger partial charge in [-0.1, -0.05) is 44.2 Å². The van der Waals surface area contributed by atoms with Gasteiger partial charge in [-0.15, -0.1) is 0 Å². The van der Waals surface area contributed by atoms with Crippen LogP contribution in [0.5, 0.6) is 0 Å². The predicted molar refractivity (Wildman–Crippen MR) is 60.6 cm³/mol. The Morgan fingerprint density at radius 2 is 2.14 bits per heavy atom. The van der Waals surface area contributed by atoms with Gasteiger partial charge in [-0.3, -0.25) is 0 Å². The van der Waals surface area contributed by atoms with Gasteiger partial charge in [0.25, 0.3) is 0 Å². The maximum Gasteiger partial charge on any atom is 0.0888 e. The molecular weight excluding hydrogens is 172 g/mol. The summed E-state index contributed by atoms with van der Waals surface area (Å²) in [5.74, 6) is 0.519. The largest absolute Gasteiger partial charge is 0.386 e. The summed E-state index contributed by atoms with van der Waals surface area (Å²) in [4.78, 5) is 0. The highest BCUT2D eigenvalue weighted by Crippen LogP contribution is 2.07. The molecule has 0 spiro atoms. The number of benzene rings is 1. The lowest BCUT2D eigenvalue weighted by Gasteiger charge is -2.06. The number of hydrogen-bond donors (Lipinski definition) is 2. The fourth-order valence-electron chi connectivity index (χ4n) is 1.40. The molecule has 14 heavy (non-hydrogen) atoms. The summed E-state index contributed by atoms with van der Waals surface area (Å²) in [5, 5.41) is 3.01. The minimum Gasteiger partial charge on any atom is -0.386 e. The number of nitrogens with one attached hydrogen (secondary N) is 1. The molecule has 1 rings (SSSR count). The molecule has 0 aliphatic rings. The van der Waals surface area contributed by atoms with E-state index in [1.807, 2.05) is 0 Å². The van der Waals surface area contributed by atoms with E-state index < -0.39 is 0 Å². The molecule has 0 saturated heterocycles. The summed E-state index contributed by atoms with van der Waals surface area (Å²) in [6.07, 6.45) is 2.32. The molecular formula is C12H18N2. The van der Waals surface area contributed by atoms with Gasteiger partial charge in [-0.2, -0.15) is 0 Å². The van der Waals surface area contributed by atoms with Crippen LogP contribution < -0.4 is 11.1 Å². The third kappa shape index (κ3) is 3.52. The minimum absolute atomic E-state index is 0.519. The highest BCUT2D eigenvalue weighted by molar-refractivity contribution is 5.23. The lowest BCUT2D eigenvalue weighted by molar-refractivity contribution is 0.800. The summed E-state index contributed by atoms with van der Waals surface area (Å²) in [6.45, 7) is 6.54. The number of hydrogen-bond acceptors (Lipinski definition) is 2. The molecule has 0 radical (unpaired) electrons. The first-order chi connectivity index (χ1) is 6.72. The third-order valence-corrected chi connectivity index (χ3v) is 2.05. The molecule has 76 valence electrons. The summed E-state index contributed by atoms with van der Waals surface area (Å²) in [5.41, 5.74) is 8.07. The zero-order valence-corrected chi connectivity index (χ0v) is 8.72. The average molecular weight is 190 g/mol. The van der Waals surface area contributed by atoms with Crippen molar-refractivity contribution < 1.29 is 0 Å². The van der Waals surface area contributed by atoms with E-state index >= 15 is 0 Å². The van der Waals surface area contributed by atoms with E-state index in [0.717, 1.165) is 13.0 Å². The van der Waals surface area contributed by atoms with Crippen LogP contribution in [0.1, 0.15) is 24.5 Å². The van der Waals surface area contributed by atoms with Gasteiger partial charge in [0.1, 0.15) is 0 Å². The van der Waals surface area contributed by atoms with Gasteiger partial charge < -0.3 is 11.1 Å². The van der Waals surface area contributed by atoms with Crippen molar-refractivity contribution in [2.24, 2.45) is 5.73 Å². The van der Waals surface area contributed by atoms with Gasteiger partial charge in [-0.05, 0) is 17.5 Å². The highest BCUT2D eigenvalue weighted by atomic mass is 15.0. The standard InChI is InChI=1S/C12H18N2/c1-3-5-11-6-4-7-12(8-11)9-14-10(2)13/h4,6-8,14H,2-3,5,9,13H2,1H3. The van der Waals surface area contributed by atoms with E-state index in [2.05, 4.69) is 43.1 Å². The van der Waals surface area contributed by atoms with Crippen LogP contribution in [0, 0.1) is 0 Å². The smallest absolute Gasteiger partial charge is 0.0888 e. The van der Waals surface area contributed by atoms with E-state index in [1.165, 1.54) is 17.5 Å². The topological polar surface area (TPSA) is 38.0 Å². The first-order valence-electron chi connectivity index (χ1n) is 4.98. The van der Waals surface area contributed by atoms with Gasteiger partial charge in [0, 0.05) is 6.54 Å². The van der Waals surface area contributed by atoms with Crippen LogP contribution in [0.25, 0.3) is 0 Å². The molecule has 0 atom stereocenters. The molecule has 0 amide bonds. The molecule has 0 aliphatic heterocycles. The number of nitrogens with two attached hydrogens (primary N) is 1. The number of aryl methyl sites for hydroxylation is 1. The van der Waals surface area contributed by atoms with Crippen LogP contribution in [0.2, 0.25) is 0 Å². The van der Waals surface area contributed by atoms with E-state index in [4.69, 9.17) is 5.73 Å². The van der Waals surface area contributed by atoms with Crippen molar-refractivity contribution in [1.82, 2.24) is 5.32 Å². The van der Waals surface area contributed by atoms with Crippen molar-refractivity contribution in [2.45, 2.75) is 26.3 Å². The summed E-state index contributed by atoms with van der Waals surface area (Å²) in [7, 11) is 0. The second kappa shape index (κ2) is 5.32. The Labute approximate surface area is 85.8 Å². The van der Waals surface area contributed by atoms with Gasteiger partial charge in [-0.25, -0.2) is 0 Å². The van der Waals surface area contributed by atoms with E-state index in [1.54, 1.807) is 0 Å². The highest BCUT2D eigenvalue weighted by Gasteiger charge is 1.95. The van der Waals surface area contributed by atoms with Crippen LogP contribution in [0.15, 0.2) is 36.7 Å². The molecule has 0 heterocycles. The molecule has 1 aromatic carbocycles. The summed E-state index contributed by atoms with van der Waals surface area (Å²) >= 11 is 0. The molecule has 0 saturated carbocycles. The molecule has 0 fully saturated rings. The zero-order valence-electron chi connectivity index (χ0n) is 8.72. The Morgan fingerprint density at radius 1 is 1.43 bits per heavy atom. The Balaban J connectivity index is 2.58. The quantitative estimate of drug-likeness (QED) is 0.746. The molecule has 1 aromatic rings. The average Bonchev–Trinajstić information content (AvgIpc) is 2.16. The fourth-order valence-corrected chi connectivity index (χ4v) is 1.40.